The smallest absolute Gasteiger partial charge is 0.241 e. The van der Waals surface area contributed by atoms with Crippen molar-refractivity contribution in [2.45, 2.75) is 21.1 Å². The summed E-state index contributed by atoms with van der Waals surface area (Å²) in [6.45, 7) is 0. The lowest BCUT2D eigenvalue weighted by molar-refractivity contribution is -0.116. The molecule has 0 fully saturated rings. The fraction of sp³-hybridized carbons (Fsp3) is 0.0714. The maximum atomic E-state index is 13.4. The first-order chi connectivity index (χ1) is 16.7. The molecule has 0 atom stereocenters. The molecular formula is C28H22N2O2S2. The molecule has 0 spiro atoms. The lowest BCUT2D eigenvalue weighted by Gasteiger charge is -2.31. The number of hydrogen-bond acceptors (Lipinski definition) is 4. The number of nitrogens with zero attached hydrogens (tertiary/aromatic N) is 1. The Morgan fingerprint density at radius 3 is 2.12 bits per heavy atom. The van der Waals surface area contributed by atoms with E-state index in [-0.39, 0.29) is 17.6 Å². The summed E-state index contributed by atoms with van der Waals surface area (Å²) in [4.78, 5) is 30.7. The van der Waals surface area contributed by atoms with Gasteiger partial charge in [0.15, 0.2) is 0 Å². The molecule has 0 aliphatic carbocycles. The third-order valence-electron chi connectivity index (χ3n) is 5.37. The molecule has 4 aromatic rings. The maximum Gasteiger partial charge on any atom is 0.241 e. The first-order valence-corrected chi connectivity index (χ1v) is 12.7. The van der Waals surface area contributed by atoms with Crippen molar-refractivity contribution in [3.63, 3.8) is 0 Å². The highest BCUT2D eigenvalue weighted by Crippen LogP contribution is 2.48. The highest BCUT2D eigenvalue weighted by molar-refractivity contribution is 8.00. The van der Waals surface area contributed by atoms with Crippen LogP contribution >= 0.6 is 23.5 Å². The van der Waals surface area contributed by atoms with Crippen molar-refractivity contribution >= 4 is 52.4 Å². The summed E-state index contributed by atoms with van der Waals surface area (Å²) in [7, 11) is 0. The summed E-state index contributed by atoms with van der Waals surface area (Å²) in [5.41, 5.74) is 3.53. The molecule has 168 valence electrons. The molecule has 34 heavy (non-hydrogen) atoms. The highest BCUT2D eigenvalue weighted by Gasteiger charge is 2.27. The zero-order chi connectivity index (χ0) is 23.3. The average molecular weight is 483 g/mol. The van der Waals surface area contributed by atoms with E-state index in [0.29, 0.717) is 6.42 Å². The first-order valence-electron chi connectivity index (χ1n) is 10.9. The fourth-order valence-corrected chi connectivity index (χ4v) is 5.70. The van der Waals surface area contributed by atoms with Crippen molar-refractivity contribution in [3.05, 3.63) is 109 Å². The number of amides is 2. The predicted octanol–water partition coefficient (Wildman–Crippen LogP) is 6.79. The number of rotatable bonds is 6. The van der Waals surface area contributed by atoms with E-state index in [1.807, 2.05) is 108 Å². The highest BCUT2D eigenvalue weighted by atomic mass is 32.2. The van der Waals surface area contributed by atoms with Crippen LogP contribution in [-0.2, 0) is 16.0 Å². The zero-order valence-corrected chi connectivity index (χ0v) is 19.9. The first kappa shape index (κ1) is 22.3. The number of anilines is 3. The third-order valence-corrected chi connectivity index (χ3v) is 7.48. The topological polar surface area (TPSA) is 49.4 Å². The number of thioether (sulfide) groups is 1. The minimum absolute atomic E-state index is 0.0173. The van der Waals surface area contributed by atoms with E-state index < -0.39 is 0 Å². The standard InChI is InChI=1S/C28H22N2O2S2/c31-27(17-20-9-2-1-3-10-20)29-21-11-8-12-22(18-21)33-19-28(32)30-23-13-4-6-15-25(23)34-26-16-7-5-14-24(26)30/h1-16,18H,17,19H2,(H,29,31). The summed E-state index contributed by atoms with van der Waals surface area (Å²) in [5, 5.41) is 2.96. The van der Waals surface area contributed by atoms with Crippen LogP contribution in [-0.4, -0.2) is 17.6 Å². The molecule has 5 rings (SSSR count). The molecule has 0 saturated heterocycles. The lowest BCUT2D eigenvalue weighted by Crippen LogP contribution is -2.29. The Balaban J connectivity index is 1.27. The van der Waals surface area contributed by atoms with Gasteiger partial charge >= 0.3 is 0 Å². The van der Waals surface area contributed by atoms with E-state index in [9.17, 15) is 9.59 Å². The van der Waals surface area contributed by atoms with Crippen LogP contribution in [0.5, 0.6) is 0 Å². The Morgan fingerprint density at radius 2 is 1.41 bits per heavy atom. The van der Waals surface area contributed by atoms with E-state index >= 15 is 0 Å². The van der Waals surface area contributed by atoms with Gasteiger partial charge in [0.05, 0.1) is 23.5 Å². The lowest BCUT2D eigenvalue weighted by atomic mass is 10.1. The van der Waals surface area contributed by atoms with Gasteiger partial charge in [-0.05, 0) is 48.0 Å². The van der Waals surface area contributed by atoms with Crippen LogP contribution in [0.4, 0.5) is 17.1 Å². The van der Waals surface area contributed by atoms with E-state index in [0.717, 1.165) is 37.3 Å². The largest absolute Gasteiger partial charge is 0.326 e. The Hall–Kier alpha value is -3.48. The van der Waals surface area contributed by atoms with Gasteiger partial charge in [-0.25, -0.2) is 0 Å². The second-order valence-electron chi connectivity index (χ2n) is 7.79. The molecule has 0 bridgehead atoms. The van der Waals surface area contributed by atoms with Gasteiger partial charge in [-0.2, -0.15) is 0 Å². The molecule has 4 nitrogen and oxygen atoms in total. The van der Waals surface area contributed by atoms with Crippen molar-refractivity contribution in [3.8, 4) is 0 Å². The average Bonchev–Trinajstić information content (AvgIpc) is 2.86. The van der Waals surface area contributed by atoms with Gasteiger partial charge in [-0.15, -0.1) is 11.8 Å². The Bertz CT molecular complexity index is 1300. The van der Waals surface area contributed by atoms with Gasteiger partial charge in [-0.1, -0.05) is 72.4 Å². The summed E-state index contributed by atoms with van der Waals surface area (Å²) in [6, 6.07) is 33.3. The van der Waals surface area contributed by atoms with Gasteiger partial charge < -0.3 is 5.32 Å². The number of carbonyl (C=O) groups excluding carboxylic acids is 2. The number of carbonyl (C=O) groups is 2. The summed E-state index contributed by atoms with van der Waals surface area (Å²) >= 11 is 3.15. The molecule has 0 radical (unpaired) electrons. The quantitative estimate of drug-likeness (QED) is 0.308. The van der Waals surface area contributed by atoms with Crippen molar-refractivity contribution in [2.75, 3.05) is 16.0 Å². The van der Waals surface area contributed by atoms with Gasteiger partial charge in [-0.3, -0.25) is 14.5 Å². The Kier molecular flexibility index (Phi) is 6.70. The number of hydrogen-bond donors (Lipinski definition) is 1. The normalized spacial score (nSPS) is 11.9. The van der Waals surface area contributed by atoms with E-state index in [4.69, 9.17) is 0 Å². The van der Waals surface area contributed by atoms with E-state index in [2.05, 4.69) is 5.32 Å². The molecule has 2 amide bonds. The van der Waals surface area contributed by atoms with Gasteiger partial charge in [0.2, 0.25) is 11.8 Å². The third kappa shape index (κ3) is 5.03. The Labute approximate surface area is 207 Å². The van der Waals surface area contributed by atoms with Crippen molar-refractivity contribution in [1.29, 1.82) is 0 Å². The van der Waals surface area contributed by atoms with Gasteiger partial charge in [0, 0.05) is 20.4 Å². The molecule has 1 aliphatic heterocycles. The van der Waals surface area contributed by atoms with Crippen LogP contribution in [0.15, 0.2) is 118 Å². The fourth-order valence-electron chi connectivity index (χ4n) is 3.83. The van der Waals surface area contributed by atoms with Crippen LogP contribution in [0.25, 0.3) is 0 Å². The van der Waals surface area contributed by atoms with Crippen LogP contribution < -0.4 is 10.2 Å². The molecule has 0 saturated carbocycles. The molecule has 4 aromatic carbocycles. The number of para-hydroxylation sites is 2. The zero-order valence-electron chi connectivity index (χ0n) is 18.3. The van der Waals surface area contributed by atoms with Crippen LogP contribution in [0.1, 0.15) is 5.56 Å². The number of fused-ring (bicyclic) bond motifs is 2. The van der Waals surface area contributed by atoms with Gasteiger partial charge in [0.1, 0.15) is 0 Å². The molecule has 0 unspecified atom stereocenters. The molecule has 0 aromatic heterocycles. The van der Waals surface area contributed by atoms with Crippen molar-refractivity contribution < 1.29 is 9.59 Å². The van der Waals surface area contributed by atoms with E-state index in [1.54, 1.807) is 11.8 Å². The van der Waals surface area contributed by atoms with E-state index in [1.165, 1.54) is 11.8 Å². The van der Waals surface area contributed by atoms with Crippen LogP contribution in [0.3, 0.4) is 0 Å². The number of benzene rings is 4. The minimum atomic E-state index is -0.0662. The molecule has 1 heterocycles. The number of nitrogens with one attached hydrogen (secondary N) is 1. The minimum Gasteiger partial charge on any atom is -0.326 e. The molecule has 1 N–H and O–H groups in total. The molecular weight excluding hydrogens is 460 g/mol. The summed E-state index contributed by atoms with van der Waals surface area (Å²) < 4.78 is 0. The molecule has 1 aliphatic rings. The van der Waals surface area contributed by atoms with Crippen LogP contribution in [0.2, 0.25) is 0 Å². The van der Waals surface area contributed by atoms with Crippen molar-refractivity contribution in [2.24, 2.45) is 0 Å². The maximum absolute atomic E-state index is 13.4. The Morgan fingerprint density at radius 1 is 0.765 bits per heavy atom. The predicted molar refractivity (Wildman–Crippen MR) is 140 cm³/mol. The summed E-state index contributed by atoms with van der Waals surface area (Å²) in [5.74, 6) is 0.238. The second kappa shape index (κ2) is 10.2. The van der Waals surface area contributed by atoms with Crippen LogP contribution in [0, 0.1) is 0 Å². The monoisotopic (exact) mass is 482 g/mol. The second-order valence-corrected chi connectivity index (χ2v) is 9.93. The SMILES string of the molecule is O=C(Cc1ccccc1)Nc1cccc(SCC(=O)N2c3ccccc3Sc3ccccc32)c1. The van der Waals surface area contributed by atoms with Gasteiger partial charge in [0.25, 0.3) is 0 Å². The van der Waals surface area contributed by atoms with Crippen molar-refractivity contribution in [1.82, 2.24) is 0 Å². The summed E-state index contributed by atoms with van der Waals surface area (Å²) in [6.07, 6.45) is 0.322. The molecule has 6 heteroatoms.